The molecular formula is C18H36BN2OS. The molecular weight excluding hydrogens is 303 g/mol. The van der Waals surface area contributed by atoms with Crippen molar-refractivity contribution in [1.82, 2.24) is 9.88 Å². The molecule has 133 valence electrons. The number of likely N-dealkylation sites (tertiary alicyclic amines) is 1. The monoisotopic (exact) mass is 339 g/mol. The Kier molecular flexibility index (Phi) is 33.8. The first-order valence-electron chi connectivity index (χ1n) is 8.35. The Morgan fingerprint density at radius 1 is 1.04 bits per heavy atom. The third-order valence-corrected chi connectivity index (χ3v) is 3.53. The van der Waals surface area contributed by atoms with Gasteiger partial charge >= 0.3 is 0 Å². The fraction of sp³-hybridized carbons (Fsp3) is 0.667. The molecule has 1 aromatic heterocycles. The Bertz CT molecular complexity index is 286. The maximum absolute atomic E-state index is 11.0. The molecule has 3 radical (unpaired) electrons. The van der Waals surface area contributed by atoms with Crippen LogP contribution in [0, 0.1) is 0 Å². The first kappa shape index (κ1) is 30.0. The number of nitrogens with zero attached hydrogens (tertiary/aromatic N) is 2. The largest absolute Gasteiger partial charge is 0.345 e. The highest BCUT2D eigenvalue weighted by molar-refractivity contribution is 7.99. The van der Waals surface area contributed by atoms with E-state index in [0.29, 0.717) is 11.2 Å². The van der Waals surface area contributed by atoms with Crippen LogP contribution in [-0.2, 0) is 4.79 Å². The van der Waals surface area contributed by atoms with Crippen molar-refractivity contribution in [3.8, 4) is 0 Å². The van der Waals surface area contributed by atoms with Gasteiger partial charge in [-0.1, -0.05) is 47.6 Å². The van der Waals surface area contributed by atoms with E-state index < -0.39 is 0 Å². The van der Waals surface area contributed by atoms with E-state index in [9.17, 15) is 4.79 Å². The number of thioether (sulfide) groups is 1. The van der Waals surface area contributed by atoms with Gasteiger partial charge in [0, 0.05) is 46.1 Å². The van der Waals surface area contributed by atoms with E-state index in [1.165, 1.54) is 0 Å². The lowest BCUT2D eigenvalue weighted by molar-refractivity contribution is -0.131. The number of carbonyl (C=O) groups is 1. The Labute approximate surface area is 151 Å². The van der Waals surface area contributed by atoms with E-state index in [0.717, 1.165) is 19.4 Å². The van der Waals surface area contributed by atoms with Gasteiger partial charge in [0.2, 0.25) is 5.91 Å². The number of aromatic nitrogens is 1. The topological polar surface area (TPSA) is 33.2 Å². The van der Waals surface area contributed by atoms with Crippen molar-refractivity contribution in [2.24, 2.45) is 0 Å². The zero-order valence-electron chi connectivity index (χ0n) is 16.4. The molecule has 1 aromatic rings. The fourth-order valence-electron chi connectivity index (χ4n) is 1.48. The molecule has 23 heavy (non-hydrogen) atoms. The van der Waals surface area contributed by atoms with Crippen LogP contribution < -0.4 is 0 Å². The number of rotatable bonds is 1. The van der Waals surface area contributed by atoms with Gasteiger partial charge in [0.05, 0.1) is 0 Å². The van der Waals surface area contributed by atoms with Gasteiger partial charge < -0.3 is 4.90 Å². The third kappa shape index (κ3) is 19.0. The number of piperidine rings is 1. The SMILES string of the molecule is CC.CC.CC.CSC1CCC(=O)N(C)C1.[B].c1ccncc1. The number of pyridine rings is 1. The molecule has 1 aliphatic rings. The molecule has 1 atom stereocenters. The molecule has 3 nitrogen and oxygen atoms in total. The third-order valence-electron chi connectivity index (χ3n) is 2.48. The summed E-state index contributed by atoms with van der Waals surface area (Å²) in [5, 5.41) is 0.669. The van der Waals surface area contributed by atoms with Crippen LogP contribution in [0.3, 0.4) is 0 Å². The molecule has 1 fully saturated rings. The zero-order chi connectivity index (χ0) is 17.8. The Balaban J connectivity index is -0.000000120. The van der Waals surface area contributed by atoms with Crippen LogP contribution in [-0.4, -0.2) is 49.3 Å². The predicted molar refractivity (Wildman–Crippen MR) is 108 cm³/mol. The number of carbonyl (C=O) groups excluding carboxylic acids is 1. The molecule has 0 saturated carbocycles. The summed E-state index contributed by atoms with van der Waals surface area (Å²) in [5.74, 6) is 0.297. The molecule has 0 spiro atoms. The van der Waals surface area contributed by atoms with Crippen molar-refractivity contribution in [3.63, 3.8) is 0 Å². The summed E-state index contributed by atoms with van der Waals surface area (Å²) in [6, 6.07) is 5.72. The van der Waals surface area contributed by atoms with Gasteiger partial charge in [-0.25, -0.2) is 0 Å². The fourth-order valence-corrected chi connectivity index (χ4v) is 2.21. The van der Waals surface area contributed by atoms with E-state index in [2.05, 4.69) is 11.2 Å². The lowest BCUT2D eigenvalue weighted by Gasteiger charge is -2.28. The zero-order valence-corrected chi connectivity index (χ0v) is 17.2. The maximum Gasteiger partial charge on any atom is 0.222 e. The van der Waals surface area contributed by atoms with Gasteiger partial charge in [-0.05, 0) is 24.8 Å². The summed E-state index contributed by atoms with van der Waals surface area (Å²) in [6.45, 7) is 12.9. The van der Waals surface area contributed by atoms with Crippen LogP contribution in [0.2, 0.25) is 0 Å². The van der Waals surface area contributed by atoms with E-state index >= 15 is 0 Å². The van der Waals surface area contributed by atoms with Crippen molar-refractivity contribution in [1.29, 1.82) is 0 Å². The van der Waals surface area contributed by atoms with Gasteiger partial charge in [0.1, 0.15) is 0 Å². The smallest absolute Gasteiger partial charge is 0.222 e. The highest BCUT2D eigenvalue weighted by atomic mass is 32.2. The van der Waals surface area contributed by atoms with Gasteiger partial charge in [-0.3, -0.25) is 9.78 Å². The van der Waals surface area contributed by atoms with Crippen LogP contribution in [0.1, 0.15) is 54.4 Å². The first-order chi connectivity index (χ1) is 10.7. The van der Waals surface area contributed by atoms with Crippen LogP contribution in [0.5, 0.6) is 0 Å². The quantitative estimate of drug-likeness (QED) is 0.692. The first-order valence-corrected chi connectivity index (χ1v) is 9.64. The number of hydrogen-bond acceptors (Lipinski definition) is 3. The minimum absolute atomic E-state index is 0. The van der Waals surface area contributed by atoms with Crippen LogP contribution in [0.4, 0.5) is 0 Å². The summed E-state index contributed by atoms with van der Waals surface area (Å²) in [4.78, 5) is 16.6. The number of amides is 1. The van der Waals surface area contributed by atoms with E-state index in [-0.39, 0.29) is 8.41 Å². The average Bonchev–Trinajstić information content (AvgIpc) is 2.64. The average molecular weight is 339 g/mol. The molecule has 1 saturated heterocycles. The summed E-state index contributed by atoms with van der Waals surface area (Å²) in [6.07, 6.45) is 7.40. The molecule has 1 aliphatic heterocycles. The highest BCUT2D eigenvalue weighted by Crippen LogP contribution is 2.19. The molecule has 0 aliphatic carbocycles. The normalized spacial score (nSPS) is 14.7. The van der Waals surface area contributed by atoms with E-state index in [4.69, 9.17) is 0 Å². The molecule has 1 amide bonds. The van der Waals surface area contributed by atoms with Crippen molar-refractivity contribution < 1.29 is 4.79 Å². The molecule has 0 aromatic carbocycles. The highest BCUT2D eigenvalue weighted by Gasteiger charge is 2.21. The molecule has 1 unspecified atom stereocenters. The Hall–Kier alpha value is -0.965. The van der Waals surface area contributed by atoms with Crippen molar-refractivity contribution in [2.75, 3.05) is 19.8 Å². The molecule has 0 N–H and O–H groups in total. The Morgan fingerprint density at radius 3 is 1.78 bits per heavy atom. The van der Waals surface area contributed by atoms with Gasteiger partial charge in [0.15, 0.2) is 0 Å². The second-order valence-corrected chi connectivity index (χ2v) is 4.83. The van der Waals surface area contributed by atoms with Crippen molar-refractivity contribution in [3.05, 3.63) is 30.6 Å². The van der Waals surface area contributed by atoms with Crippen LogP contribution >= 0.6 is 11.8 Å². The lowest BCUT2D eigenvalue weighted by atomic mass is 10.1. The van der Waals surface area contributed by atoms with Gasteiger partial charge in [0.25, 0.3) is 0 Å². The minimum Gasteiger partial charge on any atom is -0.345 e. The molecule has 2 heterocycles. The van der Waals surface area contributed by atoms with E-state index in [1.807, 2.05) is 83.5 Å². The molecule has 0 bridgehead atoms. The second kappa shape index (κ2) is 26.0. The van der Waals surface area contributed by atoms with Crippen molar-refractivity contribution >= 4 is 26.1 Å². The van der Waals surface area contributed by atoms with Crippen LogP contribution in [0.25, 0.3) is 0 Å². The van der Waals surface area contributed by atoms with Gasteiger partial charge in [-0.2, -0.15) is 11.8 Å². The number of hydrogen-bond donors (Lipinski definition) is 0. The summed E-state index contributed by atoms with van der Waals surface area (Å²) >= 11 is 1.86. The van der Waals surface area contributed by atoms with E-state index in [1.54, 1.807) is 12.4 Å². The maximum atomic E-state index is 11.0. The van der Waals surface area contributed by atoms with Crippen LogP contribution in [0.15, 0.2) is 30.6 Å². The predicted octanol–water partition coefficient (Wildman–Crippen LogP) is 4.75. The second-order valence-electron chi connectivity index (χ2n) is 3.70. The standard InChI is InChI=1S/C7H13NOS.C5H5N.3C2H6.B/c1-8-5-6(10-2)3-4-7(8)9;1-2-4-6-5-3-1;3*1-2;/h6H,3-5H2,1-2H3;1-5H;3*1-2H3;. The Morgan fingerprint density at radius 2 is 1.52 bits per heavy atom. The summed E-state index contributed by atoms with van der Waals surface area (Å²) in [7, 11) is 1.88. The lowest BCUT2D eigenvalue weighted by Crippen LogP contribution is -2.38. The summed E-state index contributed by atoms with van der Waals surface area (Å²) < 4.78 is 0. The molecule has 5 heteroatoms. The minimum atomic E-state index is 0. The summed E-state index contributed by atoms with van der Waals surface area (Å²) in [5.41, 5.74) is 0. The van der Waals surface area contributed by atoms with Gasteiger partial charge in [-0.15, -0.1) is 0 Å². The molecule has 2 rings (SSSR count). The van der Waals surface area contributed by atoms with Crippen molar-refractivity contribution in [2.45, 2.75) is 59.6 Å².